The Morgan fingerprint density at radius 3 is 2.58 bits per heavy atom. The van der Waals surface area contributed by atoms with Crippen molar-refractivity contribution < 1.29 is 0 Å². The number of hydrazone groups is 1. The van der Waals surface area contributed by atoms with Crippen LogP contribution in [0.1, 0.15) is 13.8 Å². The van der Waals surface area contributed by atoms with E-state index >= 15 is 0 Å². The summed E-state index contributed by atoms with van der Waals surface area (Å²) in [7, 11) is 1.92. The molecule has 0 atom stereocenters. The second-order valence-electron chi connectivity index (χ2n) is 2.85. The Kier molecular flexibility index (Phi) is 4.84. The first-order chi connectivity index (χ1) is 5.57. The van der Waals surface area contributed by atoms with Crippen molar-refractivity contribution in [2.75, 3.05) is 7.05 Å². The van der Waals surface area contributed by atoms with Crippen LogP contribution in [0, 0.1) is 0 Å². The van der Waals surface area contributed by atoms with Gasteiger partial charge in [-0.1, -0.05) is 6.58 Å². The van der Waals surface area contributed by atoms with Gasteiger partial charge < -0.3 is 5.73 Å². The Morgan fingerprint density at radius 1 is 1.58 bits per heavy atom. The van der Waals surface area contributed by atoms with Gasteiger partial charge in [0, 0.05) is 13.1 Å². The third-order valence-corrected chi connectivity index (χ3v) is 1.46. The number of allylic oxidation sites excluding steroid dienone is 2. The lowest BCUT2D eigenvalue weighted by Gasteiger charge is -2.16. The monoisotopic (exact) mass is 167 g/mol. The average Bonchev–Trinajstić information content (AvgIpc) is 2.00. The number of hydrogen-bond donors (Lipinski definition) is 1. The van der Waals surface area contributed by atoms with E-state index in [1.807, 2.05) is 12.1 Å². The van der Waals surface area contributed by atoms with Crippen molar-refractivity contribution in [3.63, 3.8) is 0 Å². The second-order valence-corrected chi connectivity index (χ2v) is 2.85. The van der Waals surface area contributed by atoms with E-state index in [9.17, 15) is 0 Å². The summed E-state index contributed by atoms with van der Waals surface area (Å²) in [5.41, 5.74) is 5.98. The molecule has 2 N–H and O–H groups in total. The molecular weight excluding hydrogens is 150 g/mol. The fraction of sp³-hybridized carbons (Fsp3) is 0.444. The first-order valence-electron chi connectivity index (χ1n) is 3.92. The molecule has 0 spiro atoms. The van der Waals surface area contributed by atoms with Crippen LogP contribution >= 0.6 is 0 Å². The number of nitrogens with zero attached hydrogens (tertiary/aromatic N) is 2. The quantitative estimate of drug-likeness (QED) is 0.390. The zero-order chi connectivity index (χ0) is 9.56. The van der Waals surface area contributed by atoms with E-state index in [1.54, 1.807) is 12.3 Å². The van der Waals surface area contributed by atoms with Crippen LogP contribution in [0.5, 0.6) is 0 Å². The molecule has 0 bridgehead atoms. The Morgan fingerprint density at radius 2 is 2.17 bits per heavy atom. The molecule has 12 heavy (non-hydrogen) atoms. The molecular formula is C9H17N3. The van der Waals surface area contributed by atoms with Crippen LogP contribution in [0.4, 0.5) is 0 Å². The Hall–Kier alpha value is -1.25. The van der Waals surface area contributed by atoms with E-state index in [4.69, 9.17) is 5.73 Å². The maximum Gasteiger partial charge on any atom is 0.0537 e. The first-order valence-corrected chi connectivity index (χ1v) is 3.92. The van der Waals surface area contributed by atoms with Crippen molar-refractivity contribution in [3.05, 3.63) is 24.4 Å². The standard InChI is InChI=1S/C9H17N3/c1-8(2)12(4)11-7-9(3)5-6-10/h5-8H,3,10H2,1-2,4H3/b6-5+,11-7-. The maximum absolute atomic E-state index is 5.18. The molecule has 0 aliphatic carbocycles. The van der Waals surface area contributed by atoms with E-state index in [1.165, 1.54) is 6.20 Å². The van der Waals surface area contributed by atoms with Crippen molar-refractivity contribution in [3.8, 4) is 0 Å². The zero-order valence-electron chi connectivity index (χ0n) is 7.99. The van der Waals surface area contributed by atoms with Gasteiger partial charge in [-0.05, 0) is 31.7 Å². The van der Waals surface area contributed by atoms with Gasteiger partial charge in [0.2, 0.25) is 0 Å². The maximum atomic E-state index is 5.18. The lowest BCUT2D eigenvalue weighted by Crippen LogP contribution is -2.20. The minimum atomic E-state index is 0.399. The molecule has 0 unspecified atom stereocenters. The van der Waals surface area contributed by atoms with E-state index < -0.39 is 0 Å². The molecule has 0 aromatic rings. The third kappa shape index (κ3) is 4.55. The second kappa shape index (κ2) is 5.41. The smallest absolute Gasteiger partial charge is 0.0537 e. The summed E-state index contributed by atoms with van der Waals surface area (Å²) >= 11 is 0. The Balaban J connectivity index is 3.97. The van der Waals surface area contributed by atoms with Crippen molar-refractivity contribution in [1.82, 2.24) is 5.01 Å². The SMILES string of the molecule is C=C(/C=N\N(C)C(C)C)/C=C/N. The van der Waals surface area contributed by atoms with Crippen molar-refractivity contribution in [1.29, 1.82) is 0 Å². The molecule has 0 heterocycles. The van der Waals surface area contributed by atoms with E-state index in [2.05, 4.69) is 25.5 Å². The molecule has 0 radical (unpaired) electrons. The Bertz CT molecular complexity index is 192. The summed E-state index contributed by atoms with van der Waals surface area (Å²) in [6, 6.07) is 0.399. The molecule has 0 aliphatic rings. The summed E-state index contributed by atoms with van der Waals surface area (Å²) in [4.78, 5) is 0. The largest absolute Gasteiger partial charge is 0.405 e. The molecule has 0 saturated carbocycles. The normalized spacial score (nSPS) is 11.7. The number of rotatable bonds is 4. The first kappa shape index (κ1) is 10.8. The number of nitrogens with two attached hydrogens (primary N) is 1. The lowest BCUT2D eigenvalue weighted by molar-refractivity contribution is 0.290. The van der Waals surface area contributed by atoms with Crippen LogP contribution in [-0.4, -0.2) is 24.3 Å². The molecule has 0 fully saturated rings. The lowest BCUT2D eigenvalue weighted by atomic mass is 10.3. The molecule has 0 saturated heterocycles. The van der Waals surface area contributed by atoms with Gasteiger partial charge in [-0.3, -0.25) is 5.01 Å². The topological polar surface area (TPSA) is 41.6 Å². The van der Waals surface area contributed by atoms with Crippen LogP contribution in [0.25, 0.3) is 0 Å². The van der Waals surface area contributed by atoms with E-state index in [0.29, 0.717) is 6.04 Å². The summed E-state index contributed by atoms with van der Waals surface area (Å²) in [6.07, 6.45) is 4.84. The van der Waals surface area contributed by atoms with Crippen molar-refractivity contribution in [2.45, 2.75) is 19.9 Å². The molecule has 0 aliphatic heterocycles. The number of hydrogen-bond acceptors (Lipinski definition) is 3. The van der Waals surface area contributed by atoms with Gasteiger partial charge in [-0.25, -0.2) is 0 Å². The van der Waals surface area contributed by atoms with Gasteiger partial charge in [-0.2, -0.15) is 5.10 Å². The summed E-state index contributed by atoms with van der Waals surface area (Å²) in [6.45, 7) is 7.87. The predicted molar refractivity (Wildman–Crippen MR) is 53.9 cm³/mol. The van der Waals surface area contributed by atoms with Crippen molar-refractivity contribution >= 4 is 6.21 Å². The highest BCUT2D eigenvalue weighted by molar-refractivity contribution is 5.80. The van der Waals surface area contributed by atoms with Gasteiger partial charge in [0.05, 0.1) is 6.21 Å². The highest BCUT2D eigenvalue weighted by Crippen LogP contribution is 1.94. The highest BCUT2D eigenvalue weighted by Gasteiger charge is 1.95. The van der Waals surface area contributed by atoms with Crippen LogP contribution < -0.4 is 5.73 Å². The van der Waals surface area contributed by atoms with Crippen LogP contribution in [0.3, 0.4) is 0 Å². The van der Waals surface area contributed by atoms with Gasteiger partial charge in [-0.15, -0.1) is 0 Å². The molecule has 0 rings (SSSR count). The van der Waals surface area contributed by atoms with Crippen LogP contribution in [0.15, 0.2) is 29.5 Å². The molecule has 3 nitrogen and oxygen atoms in total. The minimum Gasteiger partial charge on any atom is -0.405 e. The molecule has 68 valence electrons. The molecule has 3 heteroatoms. The minimum absolute atomic E-state index is 0.399. The van der Waals surface area contributed by atoms with Gasteiger partial charge in [0.15, 0.2) is 0 Å². The van der Waals surface area contributed by atoms with Crippen LogP contribution in [-0.2, 0) is 0 Å². The fourth-order valence-corrected chi connectivity index (χ4v) is 0.465. The Labute approximate surface area is 74.2 Å². The van der Waals surface area contributed by atoms with Gasteiger partial charge in [0.1, 0.15) is 0 Å². The summed E-state index contributed by atoms with van der Waals surface area (Å²) in [5, 5.41) is 6.00. The highest BCUT2D eigenvalue weighted by atomic mass is 15.4. The molecule has 0 aromatic carbocycles. The summed E-state index contributed by atoms with van der Waals surface area (Å²) < 4.78 is 0. The van der Waals surface area contributed by atoms with Crippen LogP contribution in [0.2, 0.25) is 0 Å². The zero-order valence-corrected chi connectivity index (χ0v) is 7.99. The van der Waals surface area contributed by atoms with E-state index in [0.717, 1.165) is 5.57 Å². The van der Waals surface area contributed by atoms with Gasteiger partial charge >= 0.3 is 0 Å². The van der Waals surface area contributed by atoms with Gasteiger partial charge in [0.25, 0.3) is 0 Å². The molecule has 0 aromatic heterocycles. The predicted octanol–water partition coefficient (Wildman–Crippen LogP) is 1.34. The molecule has 0 amide bonds. The average molecular weight is 167 g/mol. The van der Waals surface area contributed by atoms with E-state index in [-0.39, 0.29) is 0 Å². The summed E-state index contributed by atoms with van der Waals surface area (Å²) in [5.74, 6) is 0. The van der Waals surface area contributed by atoms with Crippen molar-refractivity contribution in [2.24, 2.45) is 10.8 Å². The fourth-order valence-electron chi connectivity index (χ4n) is 0.465. The third-order valence-electron chi connectivity index (χ3n) is 1.46.